The largest absolute Gasteiger partial charge is 0.374 e. The van der Waals surface area contributed by atoms with Gasteiger partial charge in [-0.25, -0.2) is 0 Å². The van der Waals surface area contributed by atoms with Crippen molar-refractivity contribution in [3.8, 4) is 0 Å². The number of rotatable bonds is 1. The minimum Gasteiger partial charge on any atom is -0.374 e. The van der Waals surface area contributed by atoms with Crippen LogP contribution in [0.3, 0.4) is 0 Å². The Balaban J connectivity index is 1.55. The van der Waals surface area contributed by atoms with Gasteiger partial charge in [0.05, 0.1) is 5.60 Å². The van der Waals surface area contributed by atoms with E-state index in [-0.39, 0.29) is 11.1 Å². The molecule has 1 spiro atoms. The fourth-order valence-electron chi connectivity index (χ4n) is 4.51. The highest BCUT2D eigenvalue weighted by Gasteiger charge is 2.47. The van der Waals surface area contributed by atoms with E-state index in [0.29, 0.717) is 5.92 Å². The van der Waals surface area contributed by atoms with Gasteiger partial charge in [-0.3, -0.25) is 0 Å². The zero-order valence-electron chi connectivity index (χ0n) is 12.6. The Labute approximate surface area is 131 Å². The number of hydrogen-bond donors (Lipinski definition) is 1. The van der Waals surface area contributed by atoms with Crippen LogP contribution >= 0.6 is 11.8 Å². The molecule has 3 aliphatic rings. The SMILES string of the molecule is NC1(C2CCOC3(CCSC3)C2)CCc2ccccc2C1. The smallest absolute Gasteiger partial charge is 0.0783 e. The van der Waals surface area contributed by atoms with Gasteiger partial charge in [0.2, 0.25) is 0 Å². The predicted octanol–water partition coefficient (Wildman–Crippen LogP) is 3.18. The van der Waals surface area contributed by atoms with Crippen molar-refractivity contribution in [2.75, 3.05) is 18.1 Å². The molecule has 1 aromatic rings. The molecule has 0 aromatic heterocycles. The number of nitrogens with two attached hydrogens (primary N) is 1. The molecule has 1 aromatic carbocycles. The third kappa shape index (κ3) is 2.54. The van der Waals surface area contributed by atoms with Gasteiger partial charge < -0.3 is 10.5 Å². The molecule has 1 aliphatic carbocycles. The van der Waals surface area contributed by atoms with E-state index in [0.717, 1.165) is 32.3 Å². The van der Waals surface area contributed by atoms with E-state index in [9.17, 15) is 0 Å². The van der Waals surface area contributed by atoms with Gasteiger partial charge in [0, 0.05) is 17.9 Å². The van der Waals surface area contributed by atoms with Crippen LogP contribution in [0.2, 0.25) is 0 Å². The number of hydrogen-bond acceptors (Lipinski definition) is 3. The first kappa shape index (κ1) is 14.1. The zero-order chi connectivity index (χ0) is 14.3. The maximum Gasteiger partial charge on any atom is 0.0783 e. The minimum absolute atomic E-state index is 0.0155. The molecule has 114 valence electrons. The fourth-order valence-corrected chi connectivity index (χ4v) is 5.89. The highest BCUT2D eigenvalue weighted by molar-refractivity contribution is 7.99. The second-order valence-electron chi connectivity index (χ2n) is 7.20. The van der Waals surface area contributed by atoms with E-state index < -0.39 is 0 Å². The van der Waals surface area contributed by atoms with Crippen LogP contribution in [-0.2, 0) is 17.6 Å². The minimum atomic E-state index is -0.0155. The molecule has 2 saturated heterocycles. The van der Waals surface area contributed by atoms with Gasteiger partial charge in [0.1, 0.15) is 0 Å². The third-order valence-corrected chi connectivity index (χ3v) is 7.09. The predicted molar refractivity (Wildman–Crippen MR) is 88.7 cm³/mol. The van der Waals surface area contributed by atoms with Gasteiger partial charge >= 0.3 is 0 Å². The lowest BCUT2D eigenvalue weighted by molar-refractivity contribution is -0.0937. The van der Waals surface area contributed by atoms with Crippen LogP contribution in [0.4, 0.5) is 0 Å². The Kier molecular flexibility index (Phi) is 3.55. The summed E-state index contributed by atoms with van der Waals surface area (Å²) in [4.78, 5) is 0. The van der Waals surface area contributed by atoms with E-state index >= 15 is 0 Å². The topological polar surface area (TPSA) is 35.2 Å². The number of ether oxygens (including phenoxy) is 1. The van der Waals surface area contributed by atoms with Crippen molar-refractivity contribution in [2.45, 2.75) is 49.7 Å². The van der Waals surface area contributed by atoms with Crippen LogP contribution < -0.4 is 5.73 Å². The van der Waals surface area contributed by atoms with Crippen LogP contribution in [-0.4, -0.2) is 29.3 Å². The van der Waals surface area contributed by atoms with Crippen molar-refractivity contribution >= 4 is 11.8 Å². The maximum absolute atomic E-state index is 6.94. The van der Waals surface area contributed by atoms with Crippen molar-refractivity contribution in [2.24, 2.45) is 11.7 Å². The summed E-state index contributed by atoms with van der Waals surface area (Å²) in [7, 11) is 0. The molecule has 21 heavy (non-hydrogen) atoms. The van der Waals surface area contributed by atoms with Crippen LogP contribution in [0, 0.1) is 5.92 Å². The Morgan fingerprint density at radius 2 is 2.05 bits per heavy atom. The van der Waals surface area contributed by atoms with E-state index in [1.165, 1.54) is 35.5 Å². The molecule has 2 fully saturated rings. The lowest BCUT2D eigenvalue weighted by Gasteiger charge is -2.47. The summed E-state index contributed by atoms with van der Waals surface area (Å²) in [6.45, 7) is 0.909. The lowest BCUT2D eigenvalue weighted by atomic mass is 9.66. The standard InChI is InChI=1S/C18H25NOS/c19-18(7-5-14-3-1-2-4-15(14)11-18)16-6-9-20-17(12-16)8-10-21-13-17/h1-4,16H,5-13,19H2. The molecule has 0 amide bonds. The summed E-state index contributed by atoms with van der Waals surface area (Å²) in [6, 6.07) is 8.86. The average Bonchev–Trinajstić information content (AvgIpc) is 2.95. The van der Waals surface area contributed by atoms with Gasteiger partial charge in [0.15, 0.2) is 0 Å². The van der Waals surface area contributed by atoms with Gasteiger partial charge in [-0.05, 0) is 61.3 Å². The molecule has 4 rings (SSSR count). The van der Waals surface area contributed by atoms with Crippen molar-refractivity contribution in [3.63, 3.8) is 0 Å². The molecule has 2 nitrogen and oxygen atoms in total. The lowest BCUT2D eigenvalue weighted by Crippen LogP contribution is -2.56. The van der Waals surface area contributed by atoms with E-state index in [1.54, 1.807) is 0 Å². The van der Waals surface area contributed by atoms with Crippen LogP contribution in [0.1, 0.15) is 36.8 Å². The molecule has 0 radical (unpaired) electrons. The van der Waals surface area contributed by atoms with E-state index in [4.69, 9.17) is 10.5 Å². The summed E-state index contributed by atoms with van der Waals surface area (Å²) in [5, 5.41) is 0. The number of aryl methyl sites for hydroxylation is 1. The van der Waals surface area contributed by atoms with Gasteiger partial charge in [-0.2, -0.15) is 11.8 Å². The molecule has 0 saturated carbocycles. The second kappa shape index (κ2) is 5.29. The normalized spacial score (nSPS) is 39.4. The van der Waals surface area contributed by atoms with Gasteiger partial charge in [-0.15, -0.1) is 0 Å². The Morgan fingerprint density at radius 1 is 1.19 bits per heavy atom. The summed E-state index contributed by atoms with van der Waals surface area (Å²) >= 11 is 2.05. The quantitative estimate of drug-likeness (QED) is 0.865. The monoisotopic (exact) mass is 303 g/mol. The molecular weight excluding hydrogens is 278 g/mol. The fraction of sp³-hybridized carbons (Fsp3) is 0.667. The highest BCUT2D eigenvalue weighted by Crippen LogP contribution is 2.45. The van der Waals surface area contributed by atoms with Crippen LogP contribution in [0.25, 0.3) is 0 Å². The Hall–Kier alpha value is -0.510. The Bertz CT molecular complexity index is 526. The highest BCUT2D eigenvalue weighted by atomic mass is 32.2. The summed E-state index contributed by atoms with van der Waals surface area (Å²) in [5.41, 5.74) is 10.1. The van der Waals surface area contributed by atoms with Crippen molar-refractivity contribution in [3.05, 3.63) is 35.4 Å². The van der Waals surface area contributed by atoms with Crippen molar-refractivity contribution < 1.29 is 4.74 Å². The molecule has 3 unspecified atom stereocenters. The van der Waals surface area contributed by atoms with Crippen LogP contribution in [0.5, 0.6) is 0 Å². The first-order valence-corrected chi connectivity index (χ1v) is 9.42. The molecule has 2 N–H and O–H groups in total. The van der Waals surface area contributed by atoms with E-state index in [1.807, 2.05) is 11.8 Å². The first-order valence-electron chi connectivity index (χ1n) is 8.27. The summed E-state index contributed by atoms with van der Waals surface area (Å²) in [5.74, 6) is 3.06. The molecule has 2 aliphatic heterocycles. The first-order chi connectivity index (χ1) is 10.2. The molecule has 3 heteroatoms. The zero-order valence-corrected chi connectivity index (χ0v) is 13.5. The molecule has 2 heterocycles. The van der Waals surface area contributed by atoms with E-state index in [2.05, 4.69) is 24.3 Å². The number of fused-ring (bicyclic) bond motifs is 1. The maximum atomic E-state index is 6.94. The van der Waals surface area contributed by atoms with Gasteiger partial charge in [0.25, 0.3) is 0 Å². The summed E-state index contributed by atoms with van der Waals surface area (Å²) < 4.78 is 6.19. The van der Waals surface area contributed by atoms with Crippen LogP contribution in [0.15, 0.2) is 24.3 Å². The van der Waals surface area contributed by atoms with Crippen molar-refractivity contribution in [1.29, 1.82) is 0 Å². The number of benzene rings is 1. The molecule has 0 bridgehead atoms. The average molecular weight is 303 g/mol. The van der Waals surface area contributed by atoms with Crippen molar-refractivity contribution in [1.82, 2.24) is 0 Å². The number of thioether (sulfide) groups is 1. The molecular formula is C18H25NOS. The summed E-state index contributed by atoms with van der Waals surface area (Å²) in [6.07, 6.45) is 6.88. The Morgan fingerprint density at radius 3 is 2.86 bits per heavy atom. The molecule has 3 atom stereocenters. The second-order valence-corrected chi connectivity index (χ2v) is 8.31. The van der Waals surface area contributed by atoms with Gasteiger partial charge in [-0.1, -0.05) is 24.3 Å². The third-order valence-electron chi connectivity index (χ3n) is 5.87.